The summed E-state index contributed by atoms with van der Waals surface area (Å²) in [5.41, 5.74) is 0. The molecule has 0 aliphatic heterocycles. The van der Waals surface area contributed by atoms with Crippen LogP contribution in [0.5, 0.6) is 0 Å². The van der Waals surface area contributed by atoms with Crippen molar-refractivity contribution >= 4 is 35.8 Å². The quantitative estimate of drug-likeness (QED) is 0.368. The number of hydrogen-bond donors (Lipinski definition) is 0. The second-order valence-electron chi connectivity index (χ2n) is 1.47. The maximum absolute atomic E-state index is 10.4. The van der Waals surface area contributed by atoms with Crippen molar-refractivity contribution in [2.24, 2.45) is 0 Å². The molecule has 0 aliphatic carbocycles. The Hall–Kier alpha value is -0.270. The van der Waals surface area contributed by atoms with Crippen LogP contribution in [0.4, 0.5) is 4.79 Å². The van der Waals surface area contributed by atoms with Gasteiger partial charge in [0.25, 0.3) is 0 Å². The number of carbonyl (C=O) groups excluding carboxylic acids is 1. The molecular formula is C2H3B4NO. The van der Waals surface area contributed by atoms with Crippen LogP contribution >= 0.6 is 0 Å². The lowest BCUT2D eigenvalue weighted by Gasteiger charge is -2.12. The molecule has 6 radical (unpaired) electrons. The van der Waals surface area contributed by atoms with Crippen molar-refractivity contribution in [1.29, 1.82) is 0 Å². The Morgan fingerprint density at radius 3 is 2.00 bits per heavy atom. The van der Waals surface area contributed by atoms with Gasteiger partial charge in [-0.1, -0.05) is 0 Å². The van der Waals surface area contributed by atoms with Crippen LogP contribution in [0.15, 0.2) is 0 Å². The molecule has 0 heterocycles. The lowest BCUT2D eigenvalue weighted by molar-refractivity contribution is 0.249. The maximum atomic E-state index is 10.4. The molecule has 0 aliphatic rings. The first-order valence-electron chi connectivity index (χ1n) is 2.09. The van der Waals surface area contributed by atoms with Gasteiger partial charge >= 0.3 is 0 Å². The summed E-state index contributed by atoms with van der Waals surface area (Å²) in [5.74, 6) is -0.481. The van der Waals surface area contributed by atoms with Crippen molar-refractivity contribution in [3.63, 3.8) is 0 Å². The normalized spacial score (nSPS) is 8.12. The predicted molar refractivity (Wildman–Crippen MR) is 36.2 cm³/mol. The van der Waals surface area contributed by atoms with E-state index < -0.39 is 12.3 Å². The van der Waals surface area contributed by atoms with Crippen molar-refractivity contribution in [2.45, 2.75) is 0 Å². The van der Waals surface area contributed by atoms with Gasteiger partial charge in [-0.05, 0) is 7.05 Å². The molecule has 8 heavy (non-hydrogen) atoms. The molecule has 0 unspecified atom stereocenters. The zero-order chi connectivity index (χ0) is 6.73. The van der Waals surface area contributed by atoms with E-state index in [1.54, 1.807) is 0 Å². The fourth-order valence-corrected chi connectivity index (χ4v) is 0.235. The van der Waals surface area contributed by atoms with E-state index in [-0.39, 0.29) is 0 Å². The zero-order valence-electron chi connectivity index (χ0n) is 4.66. The van der Waals surface area contributed by atoms with Crippen LogP contribution in [0, 0.1) is 0 Å². The monoisotopic (exact) mass is 101 g/mol. The number of nitrogens with zero attached hydrogens (tertiary/aromatic N) is 1. The van der Waals surface area contributed by atoms with Crippen LogP contribution in [0.1, 0.15) is 0 Å². The molecule has 0 bridgehead atoms. The van der Waals surface area contributed by atoms with Crippen LogP contribution in [0.3, 0.4) is 0 Å². The summed E-state index contributed by atoms with van der Waals surface area (Å²) in [6.45, 7) is -0.995. The highest BCUT2D eigenvalue weighted by Gasteiger charge is 2.08. The third kappa shape index (κ3) is 2.15. The van der Waals surface area contributed by atoms with Gasteiger partial charge in [-0.3, -0.25) is 4.79 Å². The van der Waals surface area contributed by atoms with Gasteiger partial charge in [0.1, 0.15) is 5.81 Å². The van der Waals surface area contributed by atoms with E-state index >= 15 is 0 Å². The topological polar surface area (TPSA) is 20.3 Å². The summed E-state index contributed by atoms with van der Waals surface area (Å²) < 4.78 is 0. The Labute approximate surface area is 53.3 Å². The van der Waals surface area contributed by atoms with Crippen LogP contribution in [0.25, 0.3) is 0 Å². The predicted octanol–water partition coefficient (Wildman–Crippen LogP) is -1.47. The van der Waals surface area contributed by atoms with Crippen molar-refractivity contribution in [2.75, 3.05) is 7.05 Å². The molecule has 0 aromatic carbocycles. The molecule has 0 spiro atoms. The molecule has 6 heteroatoms. The molecule has 0 saturated carbocycles. The van der Waals surface area contributed by atoms with E-state index in [1.807, 2.05) is 0 Å². The van der Waals surface area contributed by atoms with E-state index in [0.29, 0.717) is 0 Å². The second kappa shape index (κ2) is 2.90. The smallest absolute Gasteiger partial charge is 0.228 e. The summed E-state index contributed by atoms with van der Waals surface area (Å²) in [4.78, 5) is 11.2. The number of rotatable bonds is 1. The highest BCUT2D eigenvalue weighted by molar-refractivity contribution is 7.42. The first-order valence-corrected chi connectivity index (χ1v) is 2.09. The van der Waals surface area contributed by atoms with Crippen LogP contribution in [0.2, 0.25) is 0 Å². The summed E-state index contributed by atoms with van der Waals surface area (Å²) in [6.07, 6.45) is 0. The van der Waals surface area contributed by atoms with E-state index in [4.69, 9.17) is 23.5 Å². The van der Waals surface area contributed by atoms with Crippen LogP contribution < -0.4 is 0 Å². The molecule has 2 nitrogen and oxygen atoms in total. The molecule has 0 N–H and O–H groups in total. The summed E-state index contributed by atoms with van der Waals surface area (Å²) in [5, 5.41) is 0. The van der Waals surface area contributed by atoms with E-state index in [9.17, 15) is 4.79 Å². The fraction of sp³-hybridized carbons (Fsp3) is 0.500. The van der Waals surface area contributed by atoms with Crippen molar-refractivity contribution in [1.82, 2.24) is 4.81 Å². The minimum atomic E-state index is -0.995. The van der Waals surface area contributed by atoms with E-state index in [2.05, 4.69) is 0 Å². The SMILES string of the molecule is [B]B([B])C(=O)N([B])C. The average Bonchev–Trinajstić information content (AvgIpc) is 1.64. The molecule has 0 aromatic heterocycles. The van der Waals surface area contributed by atoms with Gasteiger partial charge < -0.3 is 4.81 Å². The van der Waals surface area contributed by atoms with Gasteiger partial charge in [0.05, 0.1) is 0 Å². The van der Waals surface area contributed by atoms with E-state index in [0.717, 1.165) is 4.81 Å². The van der Waals surface area contributed by atoms with Crippen molar-refractivity contribution in [3.8, 4) is 0 Å². The molecule has 0 atom stereocenters. The highest BCUT2D eigenvalue weighted by atomic mass is 16.1. The van der Waals surface area contributed by atoms with Gasteiger partial charge in [0, 0.05) is 15.5 Å². The Kier molecular flexibility index (Phi) is 2.80. The average molecular weight is 100 g/mol. The van der Waals surface area contributed by atoms with Gasteiger partial charge in [-0.25, -0.2) is 0 Å². The molecule has 0 saturated heterocycles. The largest absolute Gasteiger partial charge is 0.409 e. The lowest BCUT2D eigenvalue weighted by atomic mass is 9.18. The Morgan fingerprint density at radius 1 is 1.62 bits per heavy atom. The Bertz CT molecular complexity index is 82.0. The maximum Gasteiger partial charge on any atom is 0.228 e. The van der Waals surface area contributed by atoms with Gasteiger partial charge in [0.15, 0.2) is 6.49 Å². The number of carbonyl (C=O) groups is 1. The minimum Gasteiger partial charge on any atom is -0.409 e. The lowest BCUT2D eigenvalue weighted by Crippen LogP contribution is -2.37. The van der Waals surface area contributed by atoms with Crippen LogP contribution in [-0.4, -0.2) is 47.6 Å². The molecule has 1 amide bonds. The Morgan fingerprint density at radius 2 is 2.00 bits per heavy atom. The van der Waals surface area contributed by atoms with Crippen molar-refractivity contribution in [3.05, 3.63) is 0 Å². The zero-order valence-corrected chi connectivity index (χ0v) is 4.66. The first kappa shape index (κ1) is 7.73. The standard InChI is InChI=1S/C2H3B4NO/c1-7(5)2(8)6(3)4/h1H3. The Balaban J connectivity index is 3.65. The van der Waals surface area contributed by atoms with Crippen LogP contribution in [-0.2, 0) is 0 Å². The van der Waals surface area contributed by atoms with Gasteiger partial charge in [-0.2, -0.15) is 0 Å². The van der Waals surface area contributed by atoms with E-state index in [1.165, 1.54) is 7.05 Å². The minimum absolute atomic E-state index is 0.481. The second-order valence-corrected chi connectivity index (χ2v) is 1.47. The third-order valence-corrected chi connectivity index (χ3v) is 0.633. The first-order chi connectivity index (χ1) is 3.55. The fourth-order valence-electron chi connectivity index (χ4n) is 0.235. The number of amides is 1. The molecule has 34 valence electrons. The van der Waals surface area contributed by atoms with Gasteiger partial charge in [-0.15, -0.1) is 0 Å². The summed E-state index contributed by atoms with van der Waals surface area (Å²) in [6, 6.07) is 0. The number of hydrogen-bond acceptors (Lipinski definition) is 1. The molecule has 0 aromatic rings. The highest BCUT2D eigenvalue weighted by Crippen LogP contribution is 1.79. The summed E-state index contributed by atoms with van der Waals surface area (Å²) in [7, 11) is 16.2. The van der Waals surface area contributed by atoms with Gasteiger partial charge in [0.2, 0.25) is 7.98 Å². The third-order valence-electron chi connectivity index (χ3n) is 0.633. The molecular weight excluding hydrogens is 97.3 g/mol. The summed E-state index contributed by atoms with van der Waals surface area (Å²) >= 11 is 0. The van der Waals surface area contributed by atoms with Crippen molar-refractivity contribution < 1.29 is 4.79 Å². The molecule has 0 fully saturated rings. The molecule has 0 rings (SSSR count).